The van der Waals surface area contributed by atoms with Gasteiger partial charge in [-0.2, -0.15) is 0 Å². The van der Waals surface area contributed by atoms with Crippen molar-refractivity contribution in [1.29, 1.82) is 0 Å². The highest BCUT2D eigenvalue weighted by molar-refractivity contribution is 5.96. The summed E-state index contributed by atoms with van der Waals surface area (Å²) >= 11 is 0. The van der Waals surface area contributed by atoms with Crippen LogP contribution >= 0.6 is 0 Å². The maximum absolute atomic E-state index is 15.0. The topological polar surface area (TPSA) is 579 Å². The van der Waals surface area contributed by atoms with Gasteiger partial charge in [-0.1, -0.05) is 91.9 Å². The Hall–Kier alpha value is -8.19. The number of ether oxygens (including phenoxy) is 7. The van der Waals surface area contributed by atoms with E-state index in [0.717, 1.165) is 10.5 Å². The largest absolute Gasteiger partial charge is 0.489 e. The van der Waals surface area contributed by atoms with Crippen LogP contribution in [0.2, 0.25) is 0 Å². The minimum absolute atomic E-state index is 0.0367. The minimum atomic E-state index is -2.26. The molecule has 5 aliphatic heterocycles. The monoisotopic (exact) mass is 1440 g/mol. The highest BCUT2D eigenvalue weighted by Crippen LogP contribution is 2.34. The Labute approximate surface area is 583 Å². The number of nitrogens with one attached hydrogen (secondary N) is 5. The summed E-state index contributed by atoms with van der Waals surface area (Å²) in [4.78, 5) is 79.5. The van der Waals surface area contributed by atoms with Crippen LogP contribution in [0, 0.1) is 0 Å². The van der Waals surface area contributed by atoms with Gasteiger partial charge in [0.25, 0.3) is 0 Å². The van der Waals surface area contributed by atoms with Crippen molar-refractivity contribution >= 4 is 41.8 Å². The first kappa shape index (κ1) is 78.0. The van der Waals surface area contributed by atoms with E-state index >= 15 is 4.79 Å². The highest BCUT2D eigenvalue weighted by atomic mass is 16.7. The van der Waals surface area contributed by atoms with E-state index in [-0.39, 0.29) is 36.7 Å². The standard InChI is InChI=1S/C66H89N11O25/c1-30(34-10-6-3-7-11-34)44(67)59(93)73-38(58(92)75-45(47(83)39-21-70-65(68)74-39)61(95)76-46(60(94)72-35(23-78)24-79)48(84)40-22-71-66(69)77(40)62-54(90)51(87)49(85)41(25-80)99-62)20-31-12-18-37(19-13-31)98-63-55(91)53(89)56(43(27-82)101-63)102-64-57(52(88)50(86)42(26-81)100-64)97-29-33-14-16-36(17-15-33)96-28-32-8-4-2-5-9-32/h2-19,23,30,35,38-57,62-64,79-91H,20-22,24-29,67H2,1H3,(H2,69,71)(H,72,94)(H,73,93)(H,75,92)(H,76,95)(H3,68,70,74)/t30?,35-,38+,39?,40?,41?,42?,43?,44+,45+,46+,47?,48?,49?,50?,51?,52?,53?,54?,55?,56?,57?,62?,63?,64?/m1/s1. The lowest BCUT2D eigenvalue weighted by atomic mass is 9.93. The first-order chi connectivity index (χ1) is 48.9. The fourth-order valence-corrected chi connectivity index (χ4v) is 12.2. The zero-order valence-corrected chi connectivity index (χ0v) is 55.1. The zero-order chi connectivity index (χ0) is 73.6. The molecule has 20 unspecified atom stereocenters. The van der Waals surface area contributed by atoms with Gasteiger partial charge in [-0.15, -0.1) is 0 Å². The summed E-state index contributed by atoms with van der Waals surface area (Å²) in [6, 6.07) is 18.5. The Morgan fingerprint density at radius 2 is 1.18 bits per heavy atom. The summed E-state index contributed by atoms with van der Waals surface area (Å²) in [6.07, 6.45) is -30.3. The molecule has 4 aromatic carbocycles. The molecule has 4 aromatic rings. The molecule has 0 aromatic heterocycles. The van der Waals surface area contributed by atoms with Crippen LogP contribution in [0.3, 0.4) is 0 Å². The number of hydrogen-bond donors (Lipinski definition) is 21. The van der Waals surface area contributed by atoms with Gasteiger partial charge < -0.3 is 153 Å². The number of aldehydes is 1. The van der Waals surface area contributed by atoms with Gasteiger partial charge in [0.15, 0.2) is 24.4 Å². The van der Waals surface area contributed by atoms with Crippen LogP contribution in [0.5, 0.6) is 11.5 Å². The van der Waals surface area contributed by atoms with Gasteiger partial charge in [-0.25, -0.2) is 0 Å². The molecule has 3 fully saturated rings. The van der Waals surface area contributed by atoms with Gasteiger partial charge in [0.05, 0.1) is 64.2 Å². The third-order valence-corrected chi connectivity index (χ3v) is 18.3. The van der Waals surface area contributed by atoms with Crippen molar-refractivity contribution in [2.75, 3.05) is 39.5 Å². The van der Waals surface area contributed by atoms with E-state index in [1.807, 2.05) is 30.3 Å². The molecule has 558 valence electrons. The van der Waals surface area contributed by atoms with E-state index in [0.29, 0.717) is 23.5 Å². The summed E-state index contributed by atoms with van der Waals surface area (Å²) in [5, 5.41) is 155. The van der Waals surface area contributed by atoms with Gasteiger partial charge in [-0.05, 0) is 46.5 Å². The van der Waals surface area contributed by atoms with Gasteiger partial charge >= 0.3 is 0 Å². The molecule has 3 saturated heterocycles. The number of aliphatic hydroxyl groups is 13. The van der Waals surface area contributed by atoms with Crippen molar-refractivity contribution in [3.05, 3.63) is 131 Å². The van der Waals surface area contributed by atoms with E-state index in [4.69, 9.17) is 50.4 Å². The number of benzene rings is 4. The number of nitrogens with two attached hydrogens (primary N) is 3. The average molecular weight is 1440 g/mol. The molecule has 0 aliphatic carbocycles. The van der Waals surface area contributed by atoms with Crippen LogP contribution in [0.4, 0.5) is 0 Å². The Morgan fingerprint density at radius 3 is 1.80 bits per heavy atom. The Balaban J connectivity index is 0.924. The quantitative estimate of drug-likeness (QED) is 0.0202. The fourth-order valence-electron chi connectivity index (χ4n) is 12.2. The van der Waals surface area contributed by atoms with Crippen LogP contribution < -0.4 is 53.3 Å². The summed E-state index contributed by atoms with van der Waals surface area (Å²) in [5.41, 5.74) is 21.1. The van der Waals surface area contributed by atoms with Gasteiger partial charge in [0.2, 0.25) is 29.9 Å². The SMILES string of the molecule is CC(c1ccccc1)[C@H](N)C(=O)N[C@@H](Cc1ccc(OC2OC(CO)C(OC3OC(CO)C(O)C(O)C3OCc3ccc(OCc4ccccc4)cc3)C(O)C2O)cc1)C(=O)N[C@H](C(=O)N[C@H](C(=O)N[C@H](C=O)CO)C(O)C1CN=C(N)N1C1OC(CO)C(O)C(O)C1O)C(O)C1CN=C(N)N1. The normalized spacial score (nSPS) is 30.3. The van der Waals surface area contributed by atoms with Crippen LogP contribution in [0.15, 0.2) is 119 Å². The Kier molecular flexibility index (Phi) is 27.4. The third kappa shape index (κ3) is 18.6. The van der Waals surface area contributed by atoms with Crippen molar-refractivity contribution in [1.82, 2.24) is 31.5 Å². The molecule has 5 heterocycles. The van der Waals surface area contributed by atoms with Gasteiger partial charge in [0, 0.05) is 12.3 Å². The summed E-state index contributed by atoms with van der Waals surface area (Å²) in [5.74, 6) is -5.62. The predicted molar refractivity (Wildman–Crippen MR) is 352 cm³/mol. The lowest BCUT2D eigenvalue weighted by Gasteiger charge is -2.46. The molecule has 0 saturated carbocycles. The molecule has 4 amide bonds. The molecule has 0 bridgehead atoms. The summed E-state index contributed by atoms with van der Waals surface area (Å²) in [7, 11) is 0. The number of rotatable bonds is 32. The smallest absolute Gasteiger partial charge is 0.246 e. The number of nitrogens with zero attached hydrogens (tertiary/aromatic N) is 3. The zero-order valence-electron chi connectivity index (χ0n) is 55.1. The van der Waals surface area contributed by atoms with E-state index in [2.05, 4.69) is 36.6 Å². The van der Waals surface area contributed by atoms with Crippen molar-refractivity contribution in [3.63, 3.8) is 0 Å². The number of carbonyl (C=O) groups excluding carboxylic acids is 5. The molecular formula is C66H89N11O25. The number of guanidine groups is 2. The first-order valence-corrected chi connectivity index (χ1v) is 32.8. The van der Waals surface area contributed by atoms with Crippen LogP contribution in [-0.4, -0.2) is 299 Å². The van der Waals surface area contributed by atoms with E-state index in [1.54, 1.807) is 61.5 Å². The van der Waals surface area contributed by atoms with Crippen LogP contribution in [0.1, 0.15) is 35.1 Å². The fraction of sp³-hybridized carbons (Fsp3) is 0.530. The molecule has 24 N–H and O–H groups in total. The Bertz CT molecular complexity index is 3450. The molecule has 9 rings (SSSR count). The molecule has 0 spiro atoms. The molecule has 25 atom stereocenters. The van der Waals surface area contributed by atoms with Gasteiger partial charge in [-0.3, -0.25) is 29.2 Å². The first-order valence-electron chi connectivity index (χ1n) is 32.8. The lowest BCUT2D eigenvalue weighted by Crippen LogP contribution is -2.70. The number of amides is 4. The molecule has 0 radical (unpaired) electrons. The Morgan fingerprint density at radius 1 is 0.608 bits per heavy atom. The van der Waals surface area contributed by atoms with Crippen LogP contribution in [0.25, 0.3) is 0 Å². The average Bonchev–Trinajstić information content (AvgIpc) is 1.43. The second-order valence-corrected chi connectivity index (χ2v) is 25.2. The maximum atomic E-state index is 15.0. The summed E-state index contributed by atoms with van der Waals surface area (Å²) in [6.45, 7) is -2.51. The van der Waals surface area contributed by atoms with Crippen LogP contribution in [-0.2, 0) is 67.3 Å². The number of aliphatic hydroxyl groups excluding tert-OH is 13. The minimum Gasteiger partial charge on any atom is -0.489 e. The summed E-state index contributed by atoms with van der Waals surface area (Å²) < 4.78 is 41.5. The van der Waals surface area contributed by atoms with E-state index < -0.39 is 221 Å². The number of hydrogen-bond acceptors (Lipinski definition) is 32. The molecule has 5 aliphatic rings. The van der Waals surface area contributed by atoms with Crippen molar-refractivity contribution in [2.24, 2.45) is 27.2 Å². The predicted octanol–water partition coefficient (Wildman–Crippen LogP) is -8.90. The van der Waals surface area contributed by atoms with Gasteiger partial charge in [0.1, 0.15) is 134 Å². The van der Waals surface area contributed by atoms with Crippen molar-refractivity contribution < 1.29 is 124 Å². The second kappa shape index (κ2) is 35.8. The molecular weight excluding hydrogens is 1350 g/mol. The number of carbonyl (C=O) groups is 5. The highest BCUT2D eigenvalue weighted by Gasteiger charge is 2.54. The lowest BCUT2D eigenvalue weighted by molar-refractivity contribution is -0.357. The van der Waals surface area contributed by atoms with E-state index in [1.165, 1.54) is 24.3 Å². The van der Waals surface area contributed by atoms with Crippen molar-refractivity contribution in [3.8, 4) is 11.5 Å². The second-order valence-electron chi connectivity index (χ2n) is 25.2. The molecule has 36 nitrogen and oxygen atoms in total. The molecule has 36 heteroatoms. The maximum Gasteiger partial charge on any atom is 0.246 e. The van der Waals surface area contributed by atoms with E-state index in [9.17, 15) is 85.6 Å². The third-order valence-electron chi connectivity index (χ3n) is 18.3. The number of aliphatic imine (C=N–C) groups is 2. The van der Waals surface area contributed by atoms with Crippen molar-refractivity contribution in [2.45, 2.75) is 179 Å². The molecule has 102 heavy (non-hydrogen) atoms.